The number of nitrogens with one attached hydrogen (secondary N) is 1. The minimum absolute atomic E-state index is 0.0781. The average molecular weight is 484 g/mol. The van der Waals surface area contributed by atoms with Crippen molar-refractivity contribution in [2.24, 2.45) is 46.8 Å². The molecule has 3 heteroatoms. The van der Waals surface area contributed by atoms with Gasteiger partial charge < -0.3 is 10.1 Å². The second-order valence-corrected chi connectivity index (χ2v) is 14.3. The molecule has 1 N–H and O–H groups in total. The molecule has 1 spiro atoms. The van der Waals surface area contributed by atoms with Crippen molar-refractivity contribution < 1.29 is 9.53 Å². The SMILES string of the molecule is CC[C@H]1[C@@H](C)[C@@]2(CC[C@@H]3C(=C(C)C2)C[C@H]2[C@H]3CC[C@@H]3C[C@@H](NC(C)=O)CC[C@@]32C)O[C@@H]1CC(C)C. The third kappa shape index (κ3) is 4.34. The summed E-state index contributed by atoms with van der Waals surface area (Å²) in [5.74, 6) is 5.54. The molecule has 1 heterocycles. The molecule has 1 aliphatic heterocycles. The van der Waals surface area contributed by atoms with Gasteiger partial charge in [-0.3, -0.25) is 4.79 Å². The summed E-state index contributed by atoms with van der Waals surface area (Å²) in [5.41, 5.74) is 4.08. The van der Waals surface area contributed by atoms with Crippen LogP contribution in [0.3, 0.4) is 0 Å². The van der Waals surface area contributed by atoms with Gasteiger partial charge in [-0.1, -0.05) is 52.2 Å². The van der Waals surface area contributed by atoms with Crippen LogP contribution in [0.15, 0.2) is 11.1 Å². The van der Waals surface area contributed by atoms with Crippen LogP contribution >= 0.6 is 0 Å². The monoisotopic (exact) mass is 483 g/mol. The van der Waals surface area contributed by atoms with Crippen molar-refractivity contribution in [1.29, 1.82) is 0 Å². The first kappa shape index (κ1) is 25.8. The number of carbonyl (C=O) groups excluding carboxylic acids is 1. The minimum Gasteiger partial charge on any atom is -0.371 e. The molecule has 0 radical (unpaired) electrons. The zero-order chi connectivity index (χ0) is 25.1. The average Bonchev–Trinajstić information content (AvgIpc) is 3.23. The third-order valence-electron chi connectivity index (χ3n) is 12.1. The van der Waals surface area contributed by atoms with E-state index in [1.165, 1.54) is 70.6 Å². The molecular formula is C32H53NO2. The van der Waals surface area contributed by atoms with Gasteiger partial charge in [-0.05, 0) is 118 Å². The summed E-state index contributed by atoms with van der Waals surface area (Å²) in [6.07, 6.45) is 14.5. The molecule has 0 aromatic rings. The summed E-state index contributed by atoms with van der Waals surface area (Å²) in [7, 11) is 0. The quantitative estimate of drug-likeness (QED) is 0.416. The van der Waals surface area contributed by atoms with Crippen molar-refractivity contribution in [2.45, 2.75) is 137 Å². The number of rotatable bonds is 4. The molecule has 5 aliphatic rings. The van der Waals surface area contributed by atoms with Crippen molar-refractivity contribution in [3.05, 3.63) is 11.1 Å². The van der Waals surface area contributed by atoms with Crippen LogP contribution in [0, 0.1) is 46.8 Å². The fourth-order valence-corrected chi connectivity index (χ4v) is 10.3. The van der Waals surface area contributed by atoms with Gasteiger partial charge >= 0.3 is 0 Å². The van der Waals surface area contributed by atoms with E-state index in [-0.39, 0.29) is 11.5 Å². The van der Waals surface area contributed by atoms with Crippen LogP contribution in [-0.4, -0.2) is 23.7 Å². The van der Waals surface area contributed by atoms with Gasteiger partial charge in [0.15, 0.2) is 0 Å². The molecule has 1 saturated heterocycles. The lowest BCUT2D eigenvalue weighted by Crippen LogP contribution is -2.50. The lowest BCUT2D eigenvalue weighted by atomic mass is 9.52. The van der Waals surface area contributed by atoms with Crippen molar-refractivity contribution in [3.63, 3.8) is 0 Å². The predicted molar refractivity (Wildman–Crippen MR) is 144 cm³/mol. The Balaban J connectivity index is 1.36. The normalized spacial score (nSPS) is 47.4. The fraction of sp³-hybridized carbons (Fsp3) is 0.906. The lowest BCUT2D eigenvalue weighted by molar-refractivity contribution is -0.121. The van der Waals surface area contributed by atoms with Crippen LogP contribution in [0.1, 0.15) is 119 Å². The Labute approximate surface area is 215 Å². The molecule has 5 rings (SSSR count). The zero-order valence-electron chi connectivity index (χ0n) is 23.8. The van der Waals surface area contributed by atoms with E-state index in [0.29, 0.717) is 35.3 Å². The van der Waals surface area contributed by atoms with Crippen molar-refractivity contribution in [2.75, 3.05) is 0 Å². The molecule has 0 bridgehead atoms. The minimum atomic E-state index is 0.0781. The van der Waals surface area contributed by atoms with Crippen molar-refractivity contribution in [1.82, 2.24) is 5.32 Å². The Morgan fingerprint density at radius 1 is 1.17 bits per heavy atom. The molecule has 10 atom stereocenters. The Morgan fingerprint density at radius 2 is 1.94 bits per heavy atom. The second kappa shape index (κ2) is 9.48. The van der Waals surface area contributed by atoms with Crippen LogP contribution in [-0.2, 0) is 9.53 Å². The highest BCUT2D eigenvalue weighted by Crippen LogP contribution is 2.65. The van der Waals surface area contributed by atoms with Crippen molar-refractivity contribution in [3.8, 4) is 0 Å². The van der Waals surface area contributed by atoms with E-state index < -0.39 is 0 Å². The van der Waals surface area contributed by atoms with Crippen LogP contribution in [0.2, 0.25) is 0 Å². The van der Waals surface area contributed by atoms with E-state index in [1.54, 1.807) is 12.5 Å². The van der Waals surface area contributed by atoms with Gasteiger partial charge in [-0.15, -0.1) is 0 Å². The van der Waals surface area contributed by atoms with Crippen LogP contribution in [0.25, 0.3) is 0 Å². The topological polar surface area (TPSA) is 38.3 Å². The molecule has 198 valence electrons. The van der Waals surface area contributed by atoms with Crippen LogP contribution < -0.4 is 5.32 Å². The first-order valence-electron chi connectivity index (χ1n) is 15.2. The number of hydrogen-bond donors (Lipinski definition) is 1. The fourth-order valence-electron chi connectivity index (χ4n) is 10.3. The number of carbonyl (C=O) groups is 1. The molecule has 4 aliphatic carbocycles. The predicted octanol–water partition coefficient (Wildman–Crippen LogP) is 7.69. The smallest absolute Gasteiger partial charge is 0.217 e. The molecular weight excluding hydrogens is 430 g/mol. The standard InChI is InChI=1S/C32H53NO2/c1-8-25-21(5)32(35-30(25)15-19(2)3)14-12-26-27-10-9-23-16-24(33-22(6)34)11-13-31(23,7)29(27)17-28(26)20(4)18-32/h19,21,23-27,29-30H,8-18H2,1-7H3,(H,33,34)/t21-,23-,24+,25+,26+,27+,29+,30-,31+,32+/m1/s1. The highest BCUT2D eigenvalue weighted by molar-refractivity contribution is 5.73. The maximum Gasteiger partial charge on any atom is 0.217 e. The van der Waals surface area contributed by atoms with E-state index in [0.717, 1.165) is 23.7 Å². The molecule has 4 fully saturated rings. The molecule has 0 aromatic carbocycles. The zero-order valence-corrected chi connectivity index (χ0v) is 23.8. The second-order valence-electron chi connectivity index (χ2n) is 14.3. The summed E-state index contributed by atoms with van der Waals surface area (Å²) < 4.78 is 7.15. The van der Waals surface area contributed by atoms with Crippen LogP contribution in [0.5, 0.6) is 0 Å². The summed E-state index contributed by atoms with van der Waals surface area (Å²) in [6, 6.07) is 0.404. The van der Waals surface area contributed by atoms with E-state index in [2.05, 4.69) is 46.9 Å². The van der Waals surface area contributed by atoms with E-state index in [1.807, 2.05) is 5.57 Å². The van der Waals surface area contributed by atoms with Gasteiger partial charge in [0.2, 0.25) is 5.91 Å². The number of ether oxygens (including phenoxy) is 1. The maximum absolute atomic E-state index is 11.7. The molecule has 35 heavy (non-hydrogen) atoms. The summed E-state index contributed by atoms with van der Waals surface area (Å²) in [4.78, 5) is 11.7. The first-order chi connectivity index (χ1) is 16.6. The highest BCUT2D eigenvalue weighted by atomic mass is 16.5. The number of amides is 1. The Morgan fingerprint density at radius 3 is 2.63 bits per heavy atom. The largest absolute Gasteiger partial charge is 0.371 e. The molecule has 0 aromatic heterocycles. The van der Waals surface area contributed by atoms with E-state index in [4.69, 9.17) is 4.74 Å². The first-order valence-corrected chi connectivity index (χ1v) is 15.2. The third-order valence-corrected chi connectivity index (χ3v) is 12.1. The van der Waals surface area contributed by atoms with E-state index in [9.17, 15) is 4.79 Å². The Bertz CT molecular complexity index is 847. The molecule has 3 saturated carbocycles. The molecule has 3 nitrogen and oxygen atoms in total. The maximum atomic E-state index is 11.7. The summed E-state index contributed by atoms with van der Waals surface area (Å²) in [5, 5.41) is 3.25. The molecule has 1 amide bonds. The van der Waals surface area contributed by atoms with Gasteiger partial charge in [0.05, 0.1) is 11.7 Å². The molecule has 0 unspecified atom stereocenters. The van der Waals surface area contributed by atoms with Gasteiger partial charge in [-0.25, -0.2) is 0 Å². The number of allylic oxidation sites excluding steroid dienone is 1. The van der Waals surface area contributed by atoms with Gasteiger partial charge in [0.1, 0.15) is 0 Å². The Kier molecular flexibility index (Phi) is 6.99. The van der Waals surface area contributed by atoms with Gasteiger partial charge in [0, 0.05) is 13.0 Å². The Hall–Kier alpha value is -0.830. The van der Waals surface area contributed by atoms with Crippen molar-refractivity contribution >= 4 is 5.91 Å². The number of fused-ring (bicyclic) bond motifs is 5. The lowest BCUT2D eigenvalue weighted by Gasteiger charge is -2.54. The van der Waals surface area contributed by atoms with Gasteiger partial charge in [-0.2, -0.15) is 0 Å². The van der Waals surface area contributed by atoms with E-state index >= 15 is 0 Å². The van der Waals surface area contributed by atoms with Crippen LogP contribution in [0.4, 0.5) is 0 Å². The summed E-state index contributed by atoms with van der Waals surface area (Å²) >= 11 is 0. The highest BCUT2D eigenvalue weighted by Gasteiger charge is 2.58. The number of hydrogen-bond acceptors (Lipinski definition) is 2. The summed E-state index contributed by atoms with van der Waals surface area (Å²) in [6.45, 7) is 16.4. The van der Waals surface area contributed by atoms with Gasteiger partial charge in [0.25, 0.3) is 0 Å².